The van der Waals surface area contributed by atoms with E-state index in [-0.39, 0.29) is 72.2 Å². The first-order valence-corrected chi connectivity index (χ1v) is 47.3. The molecule has 26 heteroatoms. The van der Waals surface area contributed by atoms with E-state index in [9.17, 15) is 33.9 Å². The lowest BCUT2D eigenvalue weighted by Crippen LogP contribution is -2.75. The predicted molar refractivity (Wildman–Crippen MR) is 380 cm³/mol. The Labute approximate surface area is 567 Å². The minimum Gasteiger partial charge on any atom is -0.493 e. The molecule has 2 heterocycles. The molecule has 7 rings (SSSR count). The second-order valence-electron chi connectivity index (χ2n) is 29.0. The highest BCUT2D eigenvalue weighted by Crippen LogP contribution is 2.66. The van der Waals surface area contributed by atoms with Gasteiger partial charge >= 0.3 is 17.1 Å². The Hall–Kier alpha value is -4.33. The number of rotatable bonds is 39. The third-order valence-corrected chi connectivity index (χ3v) is 35.4. The van der Waals surface area contributed by atoms with Crippen LogP contribution in [0.5, 0.6) is 11.5 Å². The van der Waals surface area contributed by atoms with E-state index in [0.29, 0.717) is 80.0 Å². The largest absolute Gasteiger partial charge is 0.493 e. The summed E-state index contributed by atoms with van der Waals surface area (Å²) in [7, 11) is -5.92. The van der Waals surface area contributed by atoms with Gasteiger partial charge in [0, 0.05) is 88.6 Å². The number of ketones is 2. The summed E-state index contributed by atoms with van der Waals surface area (Å²) in [6.45, 7) is 26.6. The number of likely N-dealkylation sites (tertiary alicyclic amines) is 1. The lowest BCUT2D eigenvalue weighted by atomic mass is 9.50. The molecular weight excluding hydrogens is 1290 g/mol. The van der Waals surface area contributed by atoms with Gasteiger partial charge in [0.15, 0.2) is 45.8 Å². The highest BCUT2D eigenvalue weighted by Gasteiger charge is 2.72. The van der Waals surface area contributed by atoms with Crippen LogP contribution in [0.1, 0.15) is 115 Å². The first-order valence-electron chi connectivity index (χ1n) is 33.9. The number of likely N-dealkylation sites (N-methyl/N-ethyl adjacent to an activating group) is 1. The van der Waals surface area contributed by atoms with E-state index in [0.717, 1.165) is 55.1 Å². The van der Waals surface area contributed by atoms with Crippen molar-refractivity contribution in [1.82, 2.24) is 31.1 Å². The van der Waals surface area contributed by atoms with Crippen LogP contribution < -0.4 is 36.5 Å². The molecule has 93 heavy (non-hydrogen) atoms. The molecule has 6 unspecified atom stereocenters. The number of piperidine rings is 1. The number of carbonyl (C=O) groups excluding carboxylic acids is 6. The molecule has 2 bridgehead atoms. The Morgan fingerprint density at radius 3 is 2.26 bits per heavy atom. The highest BCUT2D eigenvalue weighted by molar-refractivity contribution is 7.99. The number of nitrogens with two attached hydrogens (primary N) is 1. The number of hydrogen-bond donors (Lipinski definition) is 6. The SMILES string of the molecule is CCCC[Si](C)(C)O[Si](C)(CCSCC(NC(C)=O)C(=O)CC(C)C(=O)NC(C)C(=O)CC(CCCCNC(=O)C(N)Cc1ccccc1)C(=O)NCCN(C)C(=S)OC1=CC[C@@]2(O)[C@H]3Cc4ccc(OC)c5c4[C@@]2(CCN3CC2CC2)[C@H]1O5)O[Si](C)(C)O[Si](C)(C)C. The molecule has 2 aromatic rings. The van der Waals surface area contributed by atoms with Crippen molar-refractivity contribution in [2.75, 3.05) is 58.4 Å². The molecule has 4 amide bonds. The van der Waals surface area contributed by atoms with Gasteiger partial charge in [-0.15, -0.1) is 0 Å². The third kappa shape index (κ3) is 20.4. The maximum Gasteiger partial charge on any atom is 0.316 e. The molecular formula is C67H109N7O13S2Si4. The summed E-state index contributed by atoms with van der Waals surface area (Å²) < 4.78 is 39.9. The van der Waals surface area contributed by atoms with Crippen molar-refractivity contribution in [3.63, 3.8) is 0 Å². The number of thiocarbonyl (C=S) groups is 1. The minimum absolute atomic E-state index is 0.0821. The van der Waals surface area contributed by atoms with Crippen molar-refractivity contribution in [3.05, 3.63) is 71.0 Å². The number of nitrogens with one attached hydrogen (secondary N) is 4. The quantitative estimate of drug-likeness (QED) is 0.0208. The maximum atomic E-state index is 14.2. The van der Waals surface area contributed by atoms with Gasteiger partial charge in [-0.1, -0.05) is 69.5 Å². The molecule has 20 nitrogen and oxygen atoms in total. The van der Waals surface area contributed by atoms with E-state index in [2.05, 4.69) is 91.5 Å². The van der Waals surface area contributed by atoms with Crippen LogP contribution in [0, 0.1) is 17.8 Å². The summed E-state index contributed by atoms with van der Waals surface area (Å²) in [5.74, 6) is -0.459. The van der Waals surface area contributed by atoms with Gasteiger partial charge in [0.2, 0.25) is 23.6 Å². The van der Waals surface area contributed by atoms with E-state index < -0.39 is 86.7 Å². The molecule has 2 aromatic carbocycles. The van der Waals surface area contributed by atoms with Crippen molar-refractivity contribution < 1.29 is 60.4 Å². The number of Topliss-reactive ketones (excluding diaryl/α,β-unsaturated/α-hetero) is 2. The van der Waals surface area contributed by atoms with Gasteiger partial charge in [0.1, 0.15) is 5.76 Å². The Bertz CT molecular complexity index is 3000. The number of ether oxygens (including phenoxy) is 3. The zero-order chi connectivity index (χ0) is 68.3. The number of unbranched alkanes of at least 4 members (excludes halogenated alkanes) is 2. The molecule has 518 valence electrons. The van der Waals surface area contributed by atoms with Crippen LogP contribution in [0.15, 0.2) is 54.3 Å². The van der Waals surface area contributed by atoms with Gasteiger partial charge in [0.05, 0.1) is 36.3 Å². The first-order chi connectivity index (χ1) is 43.7. The van der Waals surface area contributed by atoms with E-state index in [4.69, 9.17) is 44.5 Å². The molecule has 0 aromatic heterocycles. The van der Waals surface area contributed by atoms with Crippen molar-refractivity contribution in [2.45, 2.75) is 217 Å². The predicted octanol–water partition coefficient (Wildman–Crippen LogP) is 8.54. The van der Waals surface area contributed by atoms with E-state index >= 15 is 0 Å². The number of benzene rings is 2. The van der Waals surface area contributed by atoms with Gasteiger partial charge in [-0.25, -0.2) is 0 Å². The summed E-state index contributed by atoms with van der Waals surface area (Å²) >= 11 is 7.46. The van der Waals surface area contributed by atoms with Crippen LogP contribution in [0.4, 0.5) is 0 Å². The second-order valence-corrected chi connectivity index (χ2v) is 46.7. The first kappa shape index (κ1) is 76.0. The molecule has 2 fully saturated rings. The molecule has 3 aliphatic carbocycles. The van der Waals surface area contributed by atoms with Crippen molar-refractivity contribution in [1.29, 1.82) is 0 Å². The van der Waals surface area contributed by atoms with Gasteiger partial charge in [-0.3, -0.25) is 33.7 Å². The maximum absolute atomic E-state index is 14.2. The van der Waals surface area contributed by atoms with Gasteiger partial charge in [-0.05, 0) is 170 Å². The zero-order valence-corrected chi connectivity index (χ0v) is 63.6. The van der Waals surface area contributed by atoms with Crippen molar-refractivity contribution >= 4 is 98.1 Å². The Kier molecular flexibility index (Phi) is 26.8. The molecule has 5 aliphatic rings. The van der Waals surface area contributed by atoms with Crippen LogP contribution in [0.25, 0.3) is 0 Å². The van der Waals surface area contributed by atoms with Crippen LogP contribution in [0.2, 0.25) is 64.5 Å². The summed E-state index contributed by atoms with van der Waals surface area (Å²) in [6.07, 6.45) is 9.00. The average Bonchev–Trinajstić information content (AvgIpc) is 1.65. The number of carbonyl (C=O) groups is 6. The summed E-state index contributed by atoms with van der Waals surface area (Å²) in [5.41, 5.74) is 7.49. The molecule has 0 radical (unpaired) electrons. The number of amides is 4. The fraction of sp³-hybridized carbons (Fsp3) is 0.687. The normalized spacial score (nSPS) is 22.3. The number of aliphatic hydroxyl groups is 1. The topological polar surface area (TPSA) is 259 Å². The Morgan fingerprint density at radius 2 is 1.59 bits per heavy atom. The zero-order valence-electron chi connectivity index (χ0n) is 57.9. The number of thioether (sulfide) groups is 1. The number of nitrogens with zero attached hydrogens (tertiary/aromatic N) is 2. The lowest BCUT2D eigenvalue weighted by Gasteiger charge is -2.62. The monoisotopic (exact) mass is 1400 g/mol. The van der Waals surface area contributed by atoms with E-state index in [1.807, 2.05) is 42.5 Å². The second kappa shape index (κ2) is 32.8. The van der Waals surface area contributed by atoms with E-state index in [1.165, 1.54) is 31.5 Å². The highest BCUT2D eigenvalue weighted by atomic mass is 32.2. The lowest BCUT2D eigenvalue weighted by molar-refractivity contribution is -0.168. The Balaban J connectivity index is 0.941. The standard InChI is InChI=1S/C67H109N7O13S2Si4/c1-15-16-37-91(10,11)86-93(14,87-92(12,13)85-90(7,8)9)38-36-89-44-53(72-47(4)75)55(77)39-45(2)62(78)71-46(3)54(76)41-51(24-20-21-32-69-64(80)52(68)40-48-22-18-17-19-23-48)63(79)70-33-35-73(5)65(88)83-57-29-30-67(81)58-42-50-27-28-56(82-6)60-59(50)66(67,61(57)84-60)31-34-74(58)43-49-25-26-49/h17-19,22-23,27-29,45-46,49,51-53,58,61,81H,15-16,20-21,24-26,30-44,68H2,1-14H3,(H,69,80)(H,70,79)(H,71,78)(H,72,75)/t45?,46?,51?,52?,53?,58-,61+,66+,67-,93?/m1/s1. The Morgan fingerprint density at radius 1 is 0.882 bits per heavy atom. The van der Waals surface area contributed by atoms with Gasteiger partial charge < -0.3 is 63.6 Å². The molecule has 1 saturated heterocycles. The van der Waals surface area contributed by atoms with Crippen molar-refractivity contribution in [3.8, 4) is 11.5 Å². The van der Waals surface area contributed by atoms with E-state index in [1.54, 1.807) is 32.9 Å². The van der Waals surface area contributed by atoms with Crippen LogP contribution in [-0.4, -0.2) is 183 Å². The van der Waals surface area contributed by atoms with Crippen LogP contribution in [-0.2, 0) is 64.1 Å². The van der Waals surface area contributed by atoms with Crippen molar-refractivity contribution in [2.24, 2.45) is 23.5 Å². The van der Waals surface area contributed by atoms with Crippen LogP contribution in [0.3, 0.4) is 0 Å². The summed E-state index contributed by atoms with van der Waals surface area (Å²) in [4.78, 5) is 85.8. The minimum atomic E-state index is -2.77. The average molecular weight is 1400 g/mol. The van der Waals surface area contributed by atoms with Crippen LogP contribution >= 0.6 is 24.0 Å². The van der Waals surface area contributed by atoms with Gasteiger partial charge in [0.25, 0.3) is 5.17 Å². The van der Waals surface area contributed by atoms with Gasteiger partial charge in [-0.2, -0.15) is 11.8 Å². The number of methoxy groups -OCH3 is 1. The molecule has 10 atom stereocenters. The molecule has 1 saturated carbocycles. The smallest absolute Gasteiger partial charge is 0.316 e. The summed E-state index contributed by atoms with van der Waals surface area (Å²) in [6, 6.07) is 12.6. The molecule has 7 N–H and O–H groups in total. The number of hydrogen-bond acceptors (Lipinski definition) is 17. The summed E-state index contributed by atoms with van der Waals surface area (Å²) in [5, 5.41) is 24.7. The fourth-order valence-corrected chi connectivity index (χ4v) is 35.3. The fourth-order valence-electron chi connectivity index (χ4n) is 14.2. The molecule has 1 spiro atoms. The third-order valence-electron chi connectivity index (χ3n) is 18.8. The molecule has 2 aliphatic heterocycles.